The first-order valence-electron chi connectivity index (χ1n) is 6.69. The number of nitrogens with zero attached hydrogens (tertiary/aromatic N) is 1. The Labute approximate surface area is 109 Å². The molecule has 0 fully saturated rings. The van der Waals surface area contributed by atoms with Gasteiger partial charge < -0.3 is 5.32 Å². The van der Waals surface area contributed by atoms with Crippen LogP contribution >= 0.6 is 0 Å². The van der Waals surface area contributed by atoms with E-state index in [9.17, 15) is 0 Å². The highest BCUT2D eigenvalue weighted by Gasteiger charge is 2.20. The van der Waals surface area contributed by atoms with Gasteiger partial charge in [0.15, 0.2) is 0 Å². The summed E-state index contributed by atoms with van der Waals surface area (Å²) in [5.74, 6) is 0. The molecule has 0 saturated carbocycles. The molecule has 0 unspecified atom stereocenters. The van der Waals surface area contributed by atoms with E-state index in [0.717, 1.165) is 25.0 Å². The van der Waals surface area contributed by atoms with Crippen LogP contribution in [0.5, 0.6) is 0 Å². The van der Waals surface area contributed by atoms with Gasteiger partial charge in [-0.2, -0.15) is 0 Å². The Morgan fingerprint density at radius 3 is 2.78 bits per heavy atom. The van der Waals surface area contributed by atoms with Gasteiger partial charge in [0.2, 0.25) is 0 Å². The molecule has 0 amide bonds. The number of pyridine rings is 1. The van der Waals surface area contributed by atoms with Gasteiger partial charge in [-0.25, -0.2) is 0 Å². The van der Waals surface area contributed by atoms with Crippen molar-refractivity contribution >= 4 is 10.9 Å². The van der Waals surface area contributed by atoms with Crippen molar-refractivity contribution in [2.45, 2.75) is 32.6 Å². The number of hydrogen-bond acceptors (Lipinski definition) is 2. The smallest absolute Gasteiger partial charge is 0.0702 e. The van der Waals surface area contributed by atoms with E-state index in [2.05, 4.69) is 55.3 Å². The van der Waals surface area contributed by atoms with Crippen molar-refractivity contribution in [3.05, 3.63) is 42.1 Å². The molecule has 0 aliphatic carbocycles. The van der Waals surface area contributed by atoms with Crippen LogP contribution in [-0.4, -0.2) is 18.1 Å². The van der Waals surface area contributed by atoms with Crippen LogP contribution in [0.25, 0.3) is 10.9 Å². The van der Waals surface area contributed by atoms with Crippen LogP contribution in [0.4, 0.5) is 0 Å². The summed E-state index contributed by atoms with van der Waals surface area (Å²) in [5, 5.41) is 4.62. The lowest BCUT2D eigenvalue weighted by molar-refractivity contribution is 0.460. The highest BCUT2D eigenvalue weighted by molar-refractivity contribution is 5.78. The van der Waals surface area contributed by atoms with Gasteiger partial charge in [0.05, 0.1) is 5.52 Å². The van der Waals surface area contributed by atoms with Crippen molar-refractivity contribution < 1.29 is 0 Å². The maximum atomic E-state index is 4.56. The lowest BCUT2D eigenvalue weighted by Gasteiger charge is -2.25. The predicted molar refractivity (Wildman–Crippen MR) is 77.9 cm³/mol. The zero-order chi connectivity index (χ0) is 13.0. The van der Waals surface area contributed by atoms with Gasteiger partial charge in [-0.3, -0.25) is 4.98 Å². The molecule has 1 aromatic carbocycles. The lowest BCUT2D eigenvalue weighted by atomic mass is 9.82. The van der Waals surface area contributed by atoms with Crippen LogP contribution in [0, 0.1) is 0 Å². The van der Waals surface area contributed by atoms with Gasteiger partial charge in [0.25, 0.3) is 0 Å². The van der Waals surface area contributed by atoms with E-state index in [1.54, 1.807) is 0 Å². The molecule has 0 aliphatic heterocycles. The summed E-state index contributed by atoms with van der Waals surface area (Å²) < 4.78 is 0. The Kier molecular flexibility index (Phi) is 3.97. The fraction of sp³-hybridized carbons (Fsp3) is 0.438. The normalized spacial score (nSPS) is 11.9. The molecule has 96 valence electrons. The molecule has 0 atom stereocenters. The van der Waals surface area contributed by atoms with Crippen LogP contribution < -0.4 is 5.32 Å². The molecular formula is C16H22N2. The SMILES string of the molecule is CCNCCC(C)(C)c1cnc2ccccc2c1. The molecule has 0 aliphatic rings. The van der Waals surface area contributed by atoms with Crippen molar-refractivity contribution in [2.24, 2.45) is 0 Å². The van der Waals surface area contributed by atoms with E-state index >= 15 is 0 Å². The third kappa shape index (κ3) is 2.88. The largest absolute Gasteiger partial charge is 0.317 e. The summed E-state index contributed by atoms with van der Waals surface area (Å²) in [7, 11) is 0. The minimum Gasteiger partial charge on any atom is -0.317 e. The summed E-state index contributed by atoms with van der Waals surface area (Å²) in [6.07, 6.45) is 3.15. The molecule has 2 heteroatoms. The monoisotopic (exact) mass is 242 g/mol. The van der Waals surface area contributed by atoms with Gasteiger partial charge in [-0.15, -0.1) is 0 Å². The van der Waals surface area contributed by atoms with Crippen LogP contribution in [0.2, 0.25) is 0 Å². The standard InChI is InChI=1S/C16H22N2/c1-4-17-10-9-16(2,3)14-11-13-7-5-6-8-15(13)18-12-14/h5-8,11-12,17H,4,9-10H2,1-3H3. The molecular weight excluding hydrogens is 220 g/mol. The first-order valence-corrected chi connectivity index (χ1v) is 6.69. The van der Waals surface area contributed by atoms with Crippen molar-refractivity contribution in [1.29, 1.82) is 0 Å². The Morgan fingerprint density at radius 1 is 1.22 bits per heavy atom. The summed E-state index contributed by atoms with van der Waals surface area (Å²) in [6, 6.07) is 10.6. The van der Waals surface area contributed by atoms with Crippen molar-refractivity contribution in [1.82, 2.24) is 10.3 Å². The van der Waals surface area contributed by atoms with Gasteiger partial charge in [-0.1, -0.05) is 39.0 Å². The zero-order valence-electron chi connectivity index (χ0n) is 11.5. The predicted octanol–water partition coefficient (Wildman–Crippen LogP) is 3.51. The van der Waals surface area contributed by atoms with E-state index in [0.29, 0.717) is 0 Å². The average Bonchev–Trinajstić information content (AvgIpc) is 2.38. The Hall–Kier alpha value is -1.41. The molecule has 1 heterocycles. The van der Waals surface area contributed by atoms with Gasteiger partial charge in [-0.05, 0) is 42.6 Å². The summed E-state index contributed by atoms with van der Waals surface area (Å²) in [4.78, 5) is 4.56. The maximum absolute atomic E-state index is 4.56. The average molecular weight is 242 g/mol. The molecule has 0 bridgehead atoms. The van der Waals surface area contributed by atoms with Crippen LogP contribution in [-0.2, 0) is 5.41 Å². The number of aromatic nitrogens is 1. The maximum Gasteiger partial charge on any atom is 0.0702 e. The van der Waals surface area contributed by atoms with Crippen LogP contribution in [0.15, 0.2) is 36.5 Å². The van der Waals surface area contributed by atoms with Gasteiger partial charge in [0, 0.05) is 11.6 Å². The summed E-state index contributed by atoms with van der Waals surface area (Å²) in [5.41, 5.74) is 2.56. The molecule has 0 spiro atoms. The van der Waals surface area contributed by atoms with Crippen LogP contribution in [0.1, 0.15) is 32.8 Å². The van der Waals surface area contributed by atoms with E-state index in [4.69, 9.17) is 0 Å². The number of nitrogens with one attached hydrogen (secondary N) is 1. The van der Waals surface area contributed by atoms with E-state index < -0.39 is 0 Å². The molecule has 0 radical (unpaired) electrons. The zero-order valence-corrected chi connectivity index (χ0v) is 11.5. The number of fused-ring (bicyclic) bond motifs is 1. The molecule has 2 rings (SSSR count). The Morgan fingerprint density at radius 2 is 2.00 bits per heavy atom. The first-order chi connectivity index (χ1) is 8.63. The second-order valence-electron chi connectivity index (χ2n) is 5.40. The molecule has 1 aromatic heterocycles. The molecule has 0 saturated heterocycles. The molecule has 2 nitrogen and oxygen atoms in total. The minimum atomic E-state index is 0.166. The topological polar surface area (TPSA) is 24.9 Å². The van der Waals surface area contributed by atoms with E-state index in [1.807, 2.05) is 12.3 Å². The lowest BCUT2D eigenvalue weighted by Crippen LogP contribution is -2.25. The number of hydrogen-bond donors (Lipinski definition) is 1. The second kappa shape index (κ2) is 5.49. The third-order valence-corrected chi connectivity index (χ3v) is 3.55. The van der Waals surface area contributed by atoms with Gasteiger partial charge >= 0.3 is 0 Å². The summed E-state index contributed by atoms with van der Waals surface area (Å²) in [6.45, 7) is 8.80. The first kappa shape index (κ1) is 13.0. The molecule has 1 N–H and O–H groups in total. The van der Waals surface area contributed by atoms with E-state index in [-0.39, 0.29) is 5.41 Å². The number of benzene rings is 1. The minimum absolute atomic E-state index is 0.166. The molecule has 2 aromatic rings. The van der Waals surface area contributed by atoms with Crippen molar-refractivity contribution in [2.75, 3.05) is 13.1 Å². The van der Waals surface area contributed by atoms with E-state index in [1.165, 1.54) is 10.9 Å². The fourth-order valence-electron chi connectivity index (χ4n) is 2.16. The quantitative estimate of drug-likeness (QED) is 0.812. The fourth-order valence-corrected chi connectivity index (χ4v) is 2.16. The van der Waals surface area contributed by atoms with Crippen molar-refractivity contribution in [3.63, 3.8) is 0 Å². The summed E-state index contributed by atoms with van der Waals surface area (Å²) >= 11 is 0. The highest BCUT2D eigenvalue weighted by atomic mass is 14.8. The van der Waals surface area contributed by atoms with Crippen LogP contribution in [0.3, 0.4) is 0 Å². The van der Waals surface area contributed by atoms with Crippen molar-refractivity contribution in [3.8, 4) is 0 Å². The third-order valence-electron chi connectivity index (χ3n) is 3.55. The Bertz CT molecular complexity index is 517. The number of para-hydroxylation sites is 1. The molecule has 18 heavy (non-hydrogen) atoms. The highest BCUT2D eigenvalue weighted by Crippen LogP contribution is 2.28. The number of rotatable bonds is 5. The van der Waals surface area contributed by atoms with Gasteiger partial charge in [0.1, 0.15) is 0 Å². The Balaban J connectivity index is 2.23. The second-order valence-corrected chi connectivity index (χ2v) is 5.40.